The van der Waals surface area contributed by atoms with Gasteiger partial charge in [0.25, 0.3) is 0 Å². The summed E-state index contributed by atoms with van der Waals surface area (Å²) >= 11 is 6.29. The molecule has 1 fully saturated rings. The Morgan fingerprint density at radius 2 is 1.94 bits per heavy atom. The average molecular weight is 261 g/mol. The van der Waals surface area contributed by atoms with Crippen LogP contribution in [0.1, 0.15) is 37.4 Å². The Kier molecular flexibility index (Phi) is 3.13. The molecule has 0 aliphatic heterocycles. The fourth-order valence-corrected chi connectivity index (χ4v) is 3.13. The van der Waals surface area contributed by atoms with Gasteiger partial charge in [-0.3, -0.25) is 0 Å². The van der Waals surface area contributed by atoms with Crippen molar-refractivity contribution < 1.29 is 0 Å². The lowest BCUT2D eigenvalue weighted by Crippen LogP contribution is -2.08. The summed E-state index contributed by atoms with van der Waals surface area (Å²) in [4.78, 5) is 4.57. The molecule has 1 saturated carbocycles. The van der Waals surface area contributed by atoms with Gasteiger partial charge >= 0.3 is 0 Å². The first-order valence-corrected chi connectivity index (χ1v) is 6.94. The first-order chi connectivity index (χ1) is 8.77. The van der Waals surface area contributed by atoms with Crippen LogP contribution in [0.25, 0.3) is 11.4 Å². The molecule has 1 heterocycles. The summed E-state index contributed by atoms with van der Waals surface area (Å²) in [5.74, 6) is 1.02. The zero-order chi connectivity index (χ0) is 12.5. The van der Waals surface area contributed by atoms with Crippen LogP contribution in [0.3, 0.4) is 0 Å². The number of aryl methyl sites for hydroxylation is 1. The van der Waals surface area contributed by atoms with Crippen LogP contribution in [0, 0.1) is 6.92 Å². The van der Waals surface area contributed by atoms with Gasteiger partial charge in [-0.25, -0.2) is 4.98 Å². The van der Waals surface area contributed by atoms with Crippen LogP contribution in [0.2, 0.25) is 5.02 Å². The molecule has 0 amide bonds. The summed E-state index contributed by atoms with van der Waals surface area (Å²) in [5, 5.41) is 0.780. The van der Waals surface area contributed by atoms with Crippen LogP contribution in [0.15, 0.2) is 30.5 Å². The second kappa shape index (κ2) is 4.77. The van der Waals surface area contributed by atoms with Crippen LogP contribution in [0.5, 0.6) is 0 Å². The van der Waals surface area contributed by atoms with Gasteiger partial charge in [-0.2, -0.15) is 0 Å². The molecule has 0 radical (unpaired) electrons. The Morgan fingerprint density at radius 3 is 2.67 bits per heavy atom. The SMILES string of the molecule is Cc1cnc(-c2ccccc2Cl)n1C1CCCC1. The Balaban J connectivity index is 2.10. The molecule has 0 N–H and O–H groups in total. The van der Waals surface area contributed by atoms with Crippen molar-refractivity contribution in [2.24, 2.45) is 0 Å². The molecule has 18 heavy (non-hydrogen) atoms. The normalized spacial score (nSPS) is 16.3. The molecule has 1 aliphatic carbocycles. The molecule has 94 valence electrons. The smallest absolute Gasteiger partial charge is 0.141 e. The fraction of sp³-hybridized carbons (Fsp3) is 0.400. The highest BCUT2D eigenvalue weighted by atomic mass is 35.5. The molecule has 2 nitrogen and oxygen atoms in total. The summed E-state index contributed by atoms with van der Waals surface area (Å²) in [7, 11) is 0. The third-order valence-electron chi connectivity index (χ3n) is 3.79. The van der Waals surface area contributed by atoms with Gasteiger partial charge in [-0.05, 0) is 31.9 Å². The Labute approximate surface area is 113 Å². The number of halogens is 1. The van der Waals surface area contributed by atoms with Gasteiger partial charge < -0.3 is 4.57 Å². The largest absolute Gasteiger partial charge is 0.325 e. The van der Waals surface area contributed by atoms with Crippen molar-refractivity contribution in [3.8, 4) is 11.4 Å². The zero-order valence-corrected chi connectivity index (χ0v) is 11.3. The number of imidazole rings is 1. The number of nitrogens with zero attached hydrogens (tertiary/aromatic N) is 2. The van der Waals surface area contributed by atoms with E-state index in [0.717, 1.165) is 16.4 Å². The highest BCUT2D eigenvalue weighted by Crippen LogP contribution is 2.36. The second-order valence-electron chi connectivity index (χ2n) is 5.01. The van der Waals surface area contributed by atoms with Crippen molar-refractivity contribution in [2.45, 2.75) is 38.6 Å². The van der Waals surface area contributed by atoms with Gasteiger partial charge in [0.1, 0.15) is 5.82 Å². The van der Waals surface area contributed by atoms with E-state index in [1.807, 2.05) is 24.4 Å². The minimum absolute atomic E-state index is 0.596. The molecule has 0 bridgehead atoms. The zero-order valence-electron chi connectivity index (χ0n) is 10.6. The minimum Gasteiger partial charge on any atom is -0.325 e. The molecule has 1 aromatic carbocycles. The third-order valence-corrected chi connectivity index (χ3v) is 4.12. The molecule has 0 spiro atoms. The molecule has 0 atom stereocenters. The lowest BCUT2D eigenvalue weighted by molar-refractivity contribution is 0.513. The third kappa shape index (κ3) is 1.95. The van der Waals surface area contributed by atoms with E-state index >= 15 is 0 Å². The van der Waals surface area contributed by atoms with E-state index in [1.54, 1.807) is 0 Å². The van der Waals surface area contributed by atoms with E-state index in [-0.39, 0.29) is 0 Å². The number of hydrogen-bond acceptors (Lipinski definition) is 1. The molecule has 0 saturated heterocycles. The van der Waals surface area contributed by atoms with E-state index in [2.05, 4.69) is 22.5 Å². The van der Waals surface area contributed by atoms with E-state index in [1.165, 1.54) is 31.4 Å². The summed E-state index contributed by atoms with van der Waals surface area (Å²) < 4.78 is 2.37. The Morgan fingerprint density at radius 1 is 1.22 bits per heavy atom. The molecule has 1 aromatic heterocycles. The number of hydrogen-bond donors (Lipinski definition) is 0. The van der Waals surface area contributed by atoms with E-state index in [4.69, 9.17) is 11.6 Å². The van der Waals surface area contributed by atoms with Crippen LogP contribution in [-0.2, 0) is 0 Å². The summed E-state index contributed by atoms with van der Waals surface area (Å²) in [6.07, 6.45) is 7.12. The standard InChI is InChI=1S/C15H17ClN2/c1-11-10-17-15(13-8-4-5-9-14(13)16)18(11)12-6-2-3-7-12/h4-5,8-10,12H,2-3,6-7H2,1H3. The lowest BCUT2D eigenvalue weighted by atomic mass is 10.1. The highest BCUT2D eigenvalue weighted by Gasteiger charge is 2.22. The van der Waals surface area contributed by atoms with E-state index in [0.29, 0.717) is 6.04 Å². The van der Waals surface area contributed by atoms with Crippen molar-refractivity contribution in [1.82, 2.24) is 9.55 Å². The second-order valence-corrected chi connectivity index (χ2v) is 5.42. The van der Waals surface area contributed by atoms with Crippen LogP contribution in [-0.4, -0.2) is 9.55 Å². The maximum Gasteiger partial charge on any atom is 0.141 e. The predicted molar refractivity (Wildman–Crippen MR) is 74.9 cm³/mol. The van der Waals surface area contributed by atoms with Crippen molar-refractivity contribution >= 4 is 11.6 Å². The Hall–Kier alpha value is -1.28. The Bertz CT molecular complexity index is 553. The highest BCUT2D eigenvalue weighted by molar-refractivity contribution is 6.33. The maximum atomic E-state index is 6.29. The number of benzene rings is 1. The topological polar surface area (TPSA) is 17.8 Å². The van der Waals surface area contributed by atoms with E-state index in [9.17, 15) is 0 Å². The number of rotatable bonds is 2. The van der Waals surface area contributed by atoms with Crippen molar-refractivity contribution in [3.63, 3.8) is 0 Å². The number of aromatic nitrogens is 2. The minimum atomic E-state index is 0.596. The molecular formula is C15H17ClN2. The predicted octanol–water partition coefficient (Wildman–Crippen LogP) is 4.63. The van der Waals surface area contributed by atoms with Gasteiger partial charge in [0.05, 0.1) is 5.02 Å². The molecule has 3 rings (SSSR count). The van der Waals surface area contributed by atoms with Crippen LogP contribution < -0.4 is 0 Å². The molecule has 0 unspecified atom stereocenters. The first kappa shape index (κ1) is 11.8. The molecule has 3 heteroatoms. The monoisotopic (exact) mass is 260 g/mol. The molecule has 2 aromatic rings. The average Bonchev–Trinajstić information content (AvgIpc) is 2.98. The van der Waals surface area contributed by atoms with Crippen molar-refractivity contribution in [2.75, 3.05) is 0 Å². The first-order valence-electron chi connectivity index (χ1n) is 6.56. The quantitative estimate of drug-likeness (QED) is 0.770. The van der Waals surface area contributed by atoms with E-state index < -0.39 is 0 Å². The van der Waals surface area contributed by atoms with Crippen molar-refractivity contribution in [1.29, 1.82) is 0 Å². The van der Waals surface area contributed by atoms with Gasteiger partial charge in [0.2, 0.25) is 0 Å². The van der Waals surface area contributed by atoms with Gasteiger partial charge in [-0.1, -0.05) is 36.6 Å². The van der Waals surface area contributed by atoms with Gasteiger partial charge in [0.15, 0.2) is 0 Å². The summed E-state index contributed by atoms with van der Waals surface area (Å²) in [5.41, 5.74) is 2.27. The van der Waals surface area contributed by atoms with Gasteiger partial charge in [0, 0.05) is 23.5 Å². The summed E-state index contributed by atoms with van der Waals surface area (Å²) in [6.45, 7) is 2.13. The fourth-order valence-electron chi connectivity index (χ4n) is 2.91. The van der Waals surface area contributed by atoms with Gasteiger partial charge in [-0.15, -0.1) is 0 Å². The maximum absolute atomic E-state index is 6.29. The lowest BCUT2D eigenvalue weighted by Gasteiger charge is -2.17. The van der Waals surface area contributed by atoms with Crippen molar-refractivity contribution in [3.05, 3.63) is 41.2 Å². The molecular weight excluding hydrogens is 244 g/mol. The molecule has 1 aliphatic rings. The summed E-state index contributed by atoms with van der Waals surface area (Å²) in [6, 6.07) is 8.56. The van der Waals surface area contributed by atoms with Crippen LogP contribution in [0.4, 0.5) is 0 Å². The van der Waals surface area contributed by atoms with Crippen LogP contribution >= 0.6 is 11.6 Å².